The first-order valence-corrected chi connectivity index (χ1v) is 13.5. The smallest absolute Gasteiger partial charge is 0.252 e. The van der Waals surface area contributed by atoms with Crippen molar-refractivity contribution in [2.75, 3.05) is 33.0 Å². The third-order valence-electron chi connectivity index (χ3n) is 6.82. The Morgan fingerprint density at radius 1 is 1.22 bits per heavy atom. The molecule has 0 unspecified atom stereocenters. The molecule has 194 valence electrons. The van der Waals surface area contributed by atoms with Crippen LogP contribution in [-0.2, 0) is 22.9 Å². The third kappa shape index (κ3) is 5.39. The van der Waals surface area contributed by atoms with Crippen LogP contribution in [0.1, 0.15) is 40.3 Å². The monoisotopic (exact) mass is 522 g/mol. The second kappa shape index (κ2) is 10.6. The average molecular weight is 523 g/mol. The number of hydrogen-bond donors (Lipinski definition) is 1. The molecule has 1 atom stereocenters. The zero-order valence-corrected chi connectivity index (χ0v) is 21.6. The van der Waals surface area contributed by atoms with E-state index in [9.17, 15) is 4.79 Å². The number of amides is 1. The lowest BCUT2D eigenvalue weighted by molar-refractivity contribution is 0.0643. The van der Waals surface area contributed by atoms with Gasteiger partial charge in [0.2, 0.25) is 5.88 Å². The van der Waals surface area contributed by atoms with Crippen LogP contribution in [0.15, 0.2) is 36.1 Å². The SMILES string of the molecule is Cn1cc(-n2ccc3nc(Cc4cc(C(=O)NCC5CCOCC5)cs4)nc(O[C@H]4CCOC4)c32)cn1. The van der Waals surface area contributed by atoms with Gasteiger partial charge in [0, 0.05) is 62.3 Å². The quantitative estimate of drug-likeness (QED) is 0.379. The van der Waals surface area contributed by atoms with Gasteiger partial charge in [-0.05, 0) is 30.9 Å². The summed E-state index contributed by atoms with van der Waals surface area (Å²) in [5, 5.41) is 9.28. The van der Waals surface area contributed by atoms with Gasteiger partial charge in [0.25, 0.3) is 5.91 Å². The predicted molar refractivity (Wildman–Crippen MR) is 138 cm³/mol. The van der Waals surface area contributed by atoms with Crippen LogP contribution in [-0.4, -0.2) is 69.3 Å². The first-order chi connectivity index (χ1) is 18.1. The molecule has 11 heteroatoms. The number of fused-ring (bicyclic) bond motifs is 1. The Kier molecular flexibility index (Phi) is 6.90. The van der Waals surface area contributed by atoms with Crippen molar-refractivity contribution in [2.24, 2.45) is 13.0 Å². The Morgan fingerprint density at radius 2 is 2.08 bits per heavy atom. The number of aromatic nitrogens is 5. The summed E-state index contributed by atoms with van der Waals surface area (Å²) in [6, 6.07) is 3.90. The Balaban J connectivity index is 1.22. The molecule has 0 bridgehead atoms. The highest BCUT2D eigenvalue weighted by Gasteiger charge is 2.23. The van der Waals surface area contributed by atoms with E-state index in [-0.39, 0.29) is 12.0 Å². The van der Waals surface area contributed by atoms with Gasteiger partial charge in [-0.3, -0.25) is 9.48 Å². The molecule has 2 fully saturated rings. The van der Waals surface area contributed by atoms with E-state index < -0.39 is 0 Å². The molecule has 1 amide bonds. The van der Waals surface area contributed by atoms with Gasteiger partial charge < -0.3 is 24.1 Å². The van der Waals surface area contributed by atoms with E-state index in [0.29, 0.717) is 49.4 Å². The minimum absolute atomic E-state index is 0.0378. The number of nitrogens with one attached hydrogen (secondary N) is 1. The normalized spacial score (nSPS) is 18.5. The lowest BCUT2D eigenvalue weighted by Crippen LogP contribution is -2.31. The van der Waals surface area contributed by atoms with E-state index in [1.807, 2.05) is 41.5 Å². The van der Waals surface area contributed by atoms with E-state index in [4.69, 9.17) is 24.2 Å². The highest BCUT2D eigenvalue weighted by molar-refractivity contribution is 7.10. The standard InChI is InChI=1S/C26H30N6O4S/c1-31-14-19(13-28-31)32-6-2-22-24(32)26(36-20-5-9-35-15-20)30-23(29-22)11-21-10-18(16-37-21)25(33)27-12-17-3-7-34-8-4-17/h2,6,10,13-14,16-17,20H,3-5,7-9,11-12,15H2,1H3,(H,27,33)/t20-/m0/s1. The summed E-state index contributed by atoms with van der Waals surface area (Å²) in [6.45, 7) is 3.47. The Labute approximate surface area is 218 Å². The number of ether oxygens (including phenoxy) is 3. The number of aryl methyl sites for hydroxylation is 1. The summed E-state index contributed by atoms with van der Waals surface area (Å²) in [5.41, 5.74) is 3.20. The largest absolute Gasteiger partial charge is 0.470 e. The fourth-order valence-corrected chi connectivity index (χ4v) is 5.63. The first kappa shape index (κ1) is 24.1. The number of carbonyl (C=O) groups excluding carboxylic acids is 1. The highest BCUT2D eigenvalue weighted by atomic mass is 32.1. The molecular weight excluding hydrogens is 492 g/mol. The number of thiophene rings is 1. The Bertz CT molecular complexity index is 1380. The molecule has 1 N–H and O–H groups in total. The lowest BCUT2D eigenvalue weighted by atomic mass is 10.0. The van der Waals surface area contributed by atoms with E-state index in [1.54, 1.807) is 22.2 Å². The van der Waals surface area contributed by atoms with Crippen molar-refractivity contribution in [1.29, 1.82) is 0 Å². The molecule has 0 saturated carbocycles. The Morgan fingerprint density at radius 3 is 2.86 bits per heavy atom. The maximum Gasteiger partial charge on any atom is 0.252 e. The minimum atomic E-state index is -0.0454. The first-order valence-electron chi connectivity index (χ1n) is 12.7. The van der Waals surface area contributed by atoms with E-state index in [2.05, 4.69) is 10.4 Å². The molecule has 10 nitrogen and oxygen atoms in total. The van der Waals surface area contributed by atoms with Crippen LogP contribution in [0.2, 0.25) is 0 Å². The van der Waals surface area contributed by atoms with Crippen molar-refractivity contribution in [3.63, 3.8) is 0 Å². The molecule has 2 aliphatic rings. The molecule has 2 aliphatic heterocycles. The summed E-state index contributed by atoms with van der Waals surface area (Å²) in [5.74, 6) is 1.64. The van der Waals surface area contributed by atoms with Gasteiger partial charge in [0.05, 0.1) is 36.2 Å². The van der Waals surface area contributed by atoms with E-state index in [1.165, 1.54) is 0 Å². The molecule has 4 aromatic heterocycles. The van der Waals surface area contributed by atoms with Crippen molar-refractivity contribution in [3.05, 3.63) is 52.4 Å². The molecule has 6 rings (SSSR count). The van der Waals surface area contributed by atoms with Crippen LogP contribution >= 0.6 is 11.3 Å². The van der Waals surface area contributed by atoms with Gasteiger partial charge in [0.1, 0.15) is 17.4 Å². The van der Waals surface area contributed by atoms with E-state index in [0.717, 1.165) is 54.1 Å². The molecule has 37 heavy (non-hydrogen) atoms. The number of rotatable bonds is 8. The third-order valence-corrected chi connectivity index (χ3v) is 7.76. The van der Waals surface area contributed by atoms with Crippen LogP contribution in [0.5, 0.6) is 5.88 Å². The van der Waals surface area contributed by atoms with Crippen molar-refractivity contribution < 1.29 is 19.0 Å². The summed E-state index contributed by atoms with van der Waals surface area (Å²) in [4.78, 5) is 23.4. The second-order valence-electron chi connectivity index (χ2n) is 9.58. The van der Waals surface area contributed by atoms with Gasteiger partial charge >= 0.3 is 0 Å². The number of hydrogen-bond acceptors (Lipinski definition) is 8. The van der Waals surface area contributed by atoms with Crippen LogP contribution in [0.3, 0.4) is 0 Å². The molecule has 4 aromatic rings. The zero-order valence-electron chi connectivity index (χ0n) is 20.8. The van der Waals surface area contributed by atoms with Crippen molar-refractivity contribution in [3.8, 4) is 11.6 Å². The molecular formula is C26H30N6O4S. The molecule has 2 saturated heterocycles. The summed E-state index contributed by atoms with van der Waals surface area (Å²) < 4.78 is 21.0. The average Bonchev–Trinajstić information content (AvgIpc) is 3.71. The van der Waals surface area contributed by atoms with Crippen molar-refractivity contribution in [2.45, 2.75) is 31.8 Å². The van der Waals surface area contributed by atoms with Gasteiger partial charge in [-0.25, -0.2) is 4.98 Å². The van der Waals surface area contributed by atoms with Crippen molar-refractivity contribution >= 4 is 28.3 Å². The highest BCUT2D eigenvalue weighted by Crippen LogP contribution is 2.30. The van der Waals surface area contributed by atoms with Gasteiger partial charge in [-0.15, -0.1) is 11.3 Å². The topological polar surface area (TPSA) is 105 Å². The summed E-state index contributed by atoms with van der Waals surface area (Å²) in [6.07, 6.45) is 8.99. The van der Waals surface area contributed by atoms with Gasteiger partial charge in [0.15, 0.2) is 0 Å². The molecule has 6 heterocycles. The van der Waals surface area contributed by atoms with Gasteiger partial charge in [-0.2, -0.15) is 10.1 Å². The van der Waals surface area contributed by atoms with Crippen LogP contribution in [0.25, 0.3) is 16.7 Å². The Hall–Kier alpha value is -3.28. The summed E-state index contributed by atoms with van der Waals surface area (Å²) in [7, 11) is 1.89. The maximum absolute atomic E-state index is 12.7. The fourth-order valence-electron chi connectivity index (χ4n) is 4.77. The molecule has 0 radical (unpaired) electrons. The van der Waals surface area contributed by atoms with Crippen LogP contribution in [0.4, 0.5) is 0 Å². The van der Waals surface area contributed by atoms with Crippen LogP contribution < -0.4 is 10.1 Å². The van der Waals surface area contributed by atoms with Crippen molar-refractivity contribution in [1.82, 2.24) is 29.6 Å². The molecule has 0 aliphatic carbocycles. The predicted octanol–water partition coefficient (Wildman–Crippen LogP) is 3.13. The van der Waals surface area contributed by atoms with Gasteiger partial charge in [-0.1, -0.05) is 0 Å². The summed E-state index contributed by atoms with van der Waals surface area (Å²) >= 11 is 1.55. The number of nitrogens with zero attached hydrogens (tertiary/aromatic N) is 5. The van der Waals surface area contributed by atoms with Crippen LogP contribution in [0, 0.1) is 5.92 Å². The lowest BCUT2D eigenvalue weighted by Gasteiger charge is -2.21. The minimum Gasteiger partial charge on any atom is -0.470 e. The van der Waals surface area contributed by atoms with E-state index >= 15 is 0 Å². The number of carbonyl (C=O) groups is 1. The molecule has 0 aromatic carbocycles. The maximum atomic E-state index is 12.7. The second-order valence-corrected chi connectivity index (χ2v) is 10.6. The molecule has 0 spiro atoms. The zero-order chi connectivity index (χ0) is 25.2. The fraction of sp³-hybridized carbons (Fsp3) is 0.462.